The Morgan fingerprint density at radius 1 is 1.25 bits per heavy atom. The first kappa shape index (κ1) is 14.0. The van der Waals surface area contributed by atoms with E-state index in [1.54, 1.807) is 13.0 Å². The third-order valence-corrected chi connectivity index (χ3v) is 5.61. The summed E-state index contributed by atoms with van der Waals surface area (Å²) in [4.78, 5) is 12.1. The van der Waals surface area contributed by atoms with E-state index in [1.165, 1.54) is 0 Å². The normalized spacial score (nSPS) is 50.0. The number of aliphatic hydroxyl groups is 3. The number of hydrogen-bond acceptors (Lipinski definition) is 5. The number of hydrogen-bond donors (Lipinski definition) is 3. The molecule has 0 radical (unpaired) electrons. The maximum Gasteiger partial charge on any atom is 0.343 e. The van der Waals surface area contributed by atoms with Gasteiger partial charge in [-0.3, -0.25) is 0 Å². The van der Waals surface area contributed by atoms with Crippen LogP contribution < -0.4 is 0 Å². The molecule has 1 saturated heterocycles. The van der Waals surface area contributed by atoms with Crippen molar-refractivity contribution < 1.29 is 24.9 Å². The highest BCUT2D eigenvalue weighted by Gasteiger charge is 2.69. The monoisotopic (exact) mass is 282 g/mol. The third-order valence-electron chi connectivity index (χ3n) is 5.61. The van der Waals surface area contributed by atoms with E-state index in [2.05, 4.69) is 0 Å². The predicted molar refractivity (Wildman–Crippen MR) is 70.6 cm³/mol. The minimum Gasteiger partial charge on any atom is -0.459 e. The van der Waals surface area contributed by atoms with Gasteiger partial charge in [-0.05, 0) is 24.3 Å². The fraction of sp³-hybridized carbons (Fsp3) is 0.800. The van der Waals surface area contributed by atoms with E-state index in [0.29, 0.717) is 12.0 Å². The van der Waals surface area contributed by atoms with Crippen LogP contribution >= 0.6 is 0 Å². The van der Waals surface area contributed by atoms with Gasteiger partial charge in [0, 0.05) is 16.9 Å². The molecule has 0 bridgehead atoms. The van der Waals surface area contributed by atoms with Gasteiger partial charge in [-0.25, -0.2) is 4.79 Å². The van der Waals surface area contributed by atoms with Gasteiger partial charge in [-0.2, -0.15) is 0 Å². The Bertz CT molecular complexity index is 496. The van der Waals surface area contributed by atoms with Crippen LogP contribution in [-0.4, -0.2) is 45.7 Å². The van der Waals surface area contributed by atoms with Gasteiger partial charge in [0.1, 0.15) is 6.61 Å². The minimum atomic E-state index is -1.73. The molecular weight excluding hydrogens is 260 g/mol. The van der Waals surface area contributed by atoms with Gasteiger partial charge in [-0.15, -0.1) is 0 Å². The molecule has 0 aromatic heterocycles. The van der Waals surface area contributed by atoms with Gasteiger partial charge in [0.05, 0.1) is 12.2 Å². The average molecular weight is 282 g/mol. The Morgan fingerprint density at radius 3 is 2.55 bits per heavy atom. The molecule has 2 fully saturated rings. The second kappa shape index (κ2) is 3.84. The SMILES string of the molecule is CC1(C)C[C@H](O)C[C@@]2(C)[C@H]1[C@H](O)C=C1COC(=O)C12O. The molecule has 1 heterocycles. The molecule has 5 atom stereocenters. The van der Waals surface area contributed by atoms with Gasteiger partial charge in [0.2, 0.25) is 0 Å². The van der Waals surface area contributed by atoms with Crippen LogP contribution in [0.25, 0.3) is 0 Å². The van der Waals surface area contributed by atoms with Crippen molar-refractivity contribution in [2.75, 3.05) is 6.61 Å². The lowest BCUT2D eigenvalue weighted by atomic mass is 9.46. The van der Waals surface area contributed by atoms with Crippen LogP contribution in [-0.2, 0) is 9.53 Å². The topological polar surface area (TPSA) is 87.0 Å². The van der Waals surface area contributed by atoms with E-state index in [-0.39, 0.29) is 24.4 Å². The van der Waals surface area contributed by atoms with Crippen molar-refractivity contribution >= 4 is 5.97 Å². The van der Waals surface area contributed by atoms with Gasteiger partial charge in [0.15, 0.2) is 5.60 Å². The van der Waals surface area contributed by atoms with Crippen molar-refractivity contribution in [3.05, 3.63) is 11.6 Å². The molecule has 0 aromatic rings. The highest BCUT2D eigenvalue weighted by Crippen LogP contribution is 2.62. The first-order chi connectivity index (χ1) is 9.13. The molecule has 20 heavy (non-hydrogen) atoms. The smallest absolute Gasteiger partial charge is 0.343 e. The standard InChI is InChI=1S/C15H22O5/c1-13(2)5-9(16)6-14(3)11(13)10(17)4-8-7-20-12(18)15(8,14)19/h4,9-11,16-17,19H,5-7H2,1-3H3/t9-,10+,11-,14-,15?/m0/s1. The van der Waals surface area contributed by atoms with Gasteiger partial charge in [-0.1, -0.05) is 20.8 Å². The van der Waals surface area contributed by atoms with Gasteiger partial charge < -0.3 is 20.1 Å². The Morgan fingerprint density at radius 2 is 1.90 bits per heavy atom. The lowest BCUT2D eigenvalue weighted by molar-refractivity contribution is -0.201. The molecule has 1 aliphatic heterocycles. The summed E-state index contributed by atoms with van der Waals surface area (Å²) in [6.07, 6.45) is 1.04. The predicted octanol–water partition coefficient (Wildman–Crippen LogP) is 0.379. The molecule has 5 nitrogen and oxygen atoms in total. The third kappa shape index (κ3) is 1.46. The lowest BCUT2D eigenvalue weighted by Crippen LogP contribution is -2.66. The van der Waals surface area contributed by atoms with Gasteiger partial charge in [0.25, 0.3) is 0 Å². The van der Waals surface area contributed by atoms with E-state index in [0.717, 1.165) is 0 Å². The van der Waals surface area contributed by atoms with Crippen molar-refractivity contribution in [1.82, 2.24) is 0 Å². The van der Waals surface area contributed by atoms with Crippen molar-refractivity contribution in [3.8, 4) is 0 Å². The van der Waals surface area contributed by atoms with Crippen molar-refractivity contribution in [2.45, 2.75) is 51.4 Å². The molecule has 0 spiro atoms. The van der Waals surface area contributed by atoms with E-state index in [1.807, 2.05) is 13.8 Å². The summed E-state index contributed by atoms with van der Waals surface area (Å²) < 4.78 is 5.02. The molecule has 3 rings (SSSR count). The highest BCUT2D eigenvalue weighted by atomic mass is 16.6. The number of cyclic esters (lactones) is 1. The summed E-state index contributed by atoms with van der Waals surface area (Å²) in [6.45, 7) is 5.73. The molecule has 3 N–H and O–H groups in total. The summed E-state index contributed by atoms with van der Waals surface area (Å²) in [7, 11) is 0. The number of rotatable bonds is 0. The Labute approximate surface area is 118 Å². The summed E-state index contributed by atoms with van der Waals surface area (Å²) in [6, 6.07) is 0. The fourth-order valence-corrected chi connectivity index (χ4v) is 5.05. The molecule has 3 aliphatic rings. The summed E-state index contributed by atoms with van der Waals surface area (Å²) in [5.41, 5.74) is -2.61. The molecule has 1 saturated carbocycles. The van der Waals surface area contributed by atoms with E-state index < -0.39 is 29.2 Å². The first-order valence-corrected chi connectivity index (χ1v) is 7.10. The van der Waals surface area contributed by atoms with Crippen LogP contribution in [0.5, 0.6) is 0 Å². The highest BCUT2D eigenvalue weighted by molar-refractivity contribution is 5.88. The van der Waals surface area contributed by atoms with Crippen LogP contribution in [0.2, 0.25) is 0 Å². The van der Waals surface area contributed by atoms with Crippen molar-refractivity contribution in [2.24, 2.45) is 16.7 Å². The van der Waals surface area contributed by atoms with E-state index in [9.17, 15) is 20.1 Å². The zero-order valence-corrected chi connectivity index (χ0v) is 12.1. The Hall–Kier alpha value is -0.910. The zero-order valence-electron chi connectivity index (χ0n) is 12.1. The van der Waals surface area contributed by atoms with Crippen LogP contribution in [0.3, 0.4) is 0 Å². The minimum absolute atomic E-state index is 0.0191. The lowest BCUT2D eigenvalue weighted by Gasteiger charge is -2.59. The molecular formula is C15H22O5. The number of carbonyl (C=O) groups excluding carboxylic acids is 1. The molecule has 5 heteroatoms. The van der Waals surface area contributed by atoms with Crippen LogP contribution in [0.4, 0.5) is 0 Å². The second-order valence-corrected chi connectivity index (χ2v) is 7.41. The Balaban J connectivity index is 2.21. The van der Waals surface area contributed by atoms with Crippen LogP contribution in [0, 0.1) is 16.7 Å². The number of ether oxygens (including phenoxy) is 1. The van der Waals surface area contributed by atoms with Crippen molar-refractivity contribution in [3.63, 3.8) is 0 Å². The summed E-state index contributed by atoms with van der Waals surface area (Å²) in [5.74, 6) is -0.967. The second-order valence-electron chi connectivity index (χ2n) is 7.41. The summed E-state index contributed by atoms with van der Waals surface area (Å²) >= 11 is 0. The number of fused-ring (bicyclic) bond motifs is 3. The number of aliphatic hydroxyl groups excluding tert-OH is 2. The van der Waals surface area contributed by atoms with Crippen molar-refractivity contribution in [1.29, 1.82) is 0 Å². The molecule has 0 aromatic carbocycles. The molecule has 2 aliphatic carbocycles. The first-order valence-electron chi connectivity index (χ1n) is 7.10. The van der Waals surface area contributed by atoms with Crippen LogP contribution in [0.1, 0.15) is 33.6 Å². The molecule has 112 valence electrons. The zero-order chi connectivity index (χ0) is 14.9. The Kier molecular flexibility index (Phi) is 2.70. The van der Waals surface area contributed by atoms with E-state index in [4.69, 9.17) is 4.74 Å². The number of esters is 1. The fourth-order valence-electron chi connectivity index (χ4n) is 5.05. The maximum absolute atomic E-state index is 12.1. The average Bonchev–Trinajstić information content (AvgIpc) is 2.55. The number of carbonyl (C=O) groups is 1. The molecule has 1 unspecified atom stereocenters. The van der Waals surface area contributed by atoms with E-state index >= 15 is 0 Å². The quantitative estimate of drug-likeness (QED) is 0.441. The largest absolute Gasteiger partial charge is 0.459 e. The van der Waals surface area contributed by atoms with Gasteiger partial charge >= 0.3 is 5.97 Å². The molecule has 0 amide bonds. The maximum atomic E-state index is 12.1. The summed E-state index contributed by atoms with van der Waals surface area (Å²) in [5, 5.41) is 31.7. The van der Waals surface area contributed by atoms with Crippen LogP contribution in [0.15, 0.2) is 11.6 Å².